The van der Waals surface area contributed by atoms with E-state index in [4.69, 9.17) is 4.74 Å². The molecule has 0 aromatic carbocycles. The summed E-state index contributed by atoms with van der Waals surface area (Å²) in [4.78, 5) is 28.8. The van der Waals surface area contributed by atoms with Gasteiger partial charge < -0.3 is 15.0 Å². The molecule has 6 nitrogen and oxygen atoms in total. The van der Waals surface area contributed by atoms with Crippen LogP contribution in [-0.4, -0.2) is 54.5 Å². The van der Waals surface area contributed by atoms with Gasteiger partial charge in [-0.1, -0.05) is 0 Å². The fourth-order valence-corrected chi connectivity index (χ4v) is 1.93. The summed E-state index contributed by atoms with van der Waals surface area (Å²) in [6, 6.07) is 1.78. The van der Waals surface area contributed by atoms with Crippen LogP contribution in [0.5, 0.6) is 0 Å². The minimum atomic E-state index is -0.726. The smallest absolute Gasteiger partial charge is 0.254 e. The van der Waals surface area contributed by atoms with Crippen molar-refractivity contribution < 1.29 is 18.7 Å². The molecule has 0 radical (unpaired) electrons. The van der Waals surface area contributed by atoms with Gasteiger partial charge in [0.1, 0.15) is 6.04 Å². The zero-order valence-electron chi connectivity index (χ0n) is 10.4. The molecule has 1 aromatic rings. The fourth-order valence-electron chi connectivity index (χ4n) is 1.93. The molecule has 1 fully saturated rings. The summed E-state index contributed by atoms with van der Waals surface area (Å²) < 4.78 is 18.2. The van der Waals surface area contributed by atoms with Crippen molar-refractivity contribution in [3.63, 3.8) is 0 Å². The van der Waals surface area contributed by atoms with Crippen LogP contribution in [0, 0.1) is 5.95 Å². The van der Waals surface area contributed by atoms with Crippen molar-refractivity contribution in [1.29, 1.82) is 0 Å². The van der Waals surface area contributed by atoms with Gasteiger partial charge >= 0.3 is 0 Å². The van der Waals surface area contributed by atoms with Gasteiger partial charge in [0.2, 0.25) is 11.9 Å². The van der Waals surface area contributed by atoms with Gasteiger partial charge in [-0.05, 0) is 6.07 Å². The first-order valence-electron chi connectivity index (χ1n) is 5.85. The lowest BCUT2D eigenvalue weighted by atomic mass is 10.1. The Hall–Kier alpha value is -2.02. The van der Waals surface area contributed by atoms with Gasteiger partial charge in [-0.3, -0.25) is 9.59 Å². The maximum Gasteiger partial charge on any atom is 0.254 e. The van der Waals surface area contributed by atoms with E-state index in [1.54, 1.807) is 0 Å². The third-order valence-electron chi connectivity index (χ3n) is 2.91. The molecule has 1 N–H and O–H groups in total. The predicted octanol–water partition coefficient (Wildman–Crippen LogP) is -0.192. The van der Waals surface area contributed by atoms with Crippen molar-refractivity contribution in [2.75, 3.05) is 26.8 Å². The fraction of sp³-hybridized carbons (Fsp3) is 0.417. The number of ether oxygens (including phenoxy) is 1. The number of hydrogen-bond acceptors (Lipinski definition) is 4. The Morgan fingerprint density at radius 2 is 2.37 bits per heavy atom. The molecule has 1 aromatic heterocycles. The first-order chi connectivity index (χ1) is 9.13. The van der Waals surface area contributed by atoms with Crippen molar-refractivity contribution in [2.45, 2.75) is 6.04 Å². The van der Waals surface area contributed by atoms with Crippen LogP contribution in [0.3, 0.4) is 0 Å². The lowest BCUT2D eigenvalue weighted by Crippen LogP contribution is -2.55. The summed E-state index contributed by atoms with van der Waals surface area (Å²) in [5, 5.41) is 2.48. The molecule has 1 unspecified atom stereocenters. The number of likely N-dealkylation sites (N-methyl/N-ethyl adjacent to an activating group) is 1. The van der Waals surface area contributed by atoms with Crippen LogP contribution in [-0.2, 0) is 9.53 Å². The van der Waals surface area contributed by atoms with Crippen LogP contribution in [0.25, 0.3) is 0 Å². The zero-order valence-corrected chi connectivity index (χ0v) is 10.4. The number of hydrogen-bond donors (Lipinski definition) is 1. The van der Waals surface area contributed by atoms with Crippen LogP contribution in [0.1, 0.15) is 10.4 Å². The second kappa shape index (κ2) is 5.75. The van der Waals surface area contributed by atoms with Gasteiger partial charge in [-0.2, -0.15) is 4.39 Å². The van der Waals surface area contributed by atoms with Gasteiger partial charge in [-0.15, -0.1) is 0 Å². The number of morpholine rings is 1. The molecule has 0 aliphatic carbocycles. The Morgan fingerprint density at radius 1 is 1.58 bits per heavy atom. The minimum Gasteiger partial charge on any atom is -0.377 e. The van der Waals surface area contributed by atoms with E-state index in [1.807, 2.05) is 0 Å². The second-order valence-electron chi connectivity index (χ2n) is 4.07. The average molecular weight is 267 g/mol. The Morgan fingerprint density at radius 3 is 3.05 bits per heavy atom. The van der Waals surface area contributed by atoms with Gasteiger partial charge in [0, 0.05) is 31.4 Å². The quantitative estimate of drug-likeness (QED) is 0.754. The molecule has 1 aliphatic heterocycles. The number of aromatic nitrogens is 1. The first kappa shape index (κ1) is 13.4. The lowest BCUT2D eigenvalue weighted by molar-refractivity contribution is -0.130. The molecular weight excluding hydrogens is 253 g/mol. The number of rotatable bonds is 2. The van der Waals surface area contributed by atoms with Crippen LogP contribution in [0.4, 0.5) is 4.39 Å². The number of carbonyl (C=O) groups is 2. The first-order valence-corrected chi connectivity index (χ1v) is 5.85. The molecule has 19 heavy (non-hydrogen) atoms. The predicted molar refractivity (Wildman–Crippen MR) is 63.9 cm³/mol. The van der Waals surface area contributed by atoms with Crippen LogP contribution in [0.2, 0.25) is 0 Å². The Kier molecular flexibility index (Phi) is 4.06. The van der Waals surface area contributed by atoms with Crippen LogP contribution < -0.4 is 5.32 Å². The number of carbonyl (C=O) groups excluding carboxylic acids is 2. The summed E-state index contributed by atoms with van der Waals surface area (Å²) in [6.07, 6.45) is 1.22. The maximum atomic E-state index is 13.0. The molecule has 1 saturated heterocycles. The highest BCUT2D eigenvalue weighted by Crippen LogP contribution is 2.13. The van der Waals surface area contributed by atoms with Crippen LogP contribution in [0.15, 0.2) is 18.3 Å². The third kappa shape index (κ3) is 2.87. The number of nitrogens with one attached hydrogen (secondary N) is 1. The summed E-state index contributed by atoms with van der Waals surface area (Å²) in [5.74, 6) is -1.43. The third-order valence-corrected chi connectivity index (χ3v) is 2.91. The highest BCUT2D eigenvalue weighted by Gasteiger charge is 2.32. The molecule has 2 rings (SSSR count). The molecule has 0 bridgehead atoms. The highest BCUT2D eigenvalue weighted by atomic mass is 19.1. The molecular formula is C12H14FN3O3. The summed E-state index contributed by atoms with van der Waals surface area (Å²) in [5.41, 5.74) is 0.170. The number of halogens is 1. The monoisotopic (exact) mass is 267 g/mol. The topological polar surface area (TPSA) is 71.5 Å². The zero-order chi connectivity index (χ0) is 13.8. The molecule has 102 valence electrons. The van der Waals surface area contributed by atoms with E-state index in [1.165, 1.54) is 24.2 Å². The van der Waals surface area contributed by atoms with E-state index in [0.29, 0.717) is 13.2 Å². The van der Waals surface area contributed by atoms with Gasteiger partial charge in [0.05, 0.1) is 13.2 Å². The summed E-state index contributed by atoms with van der Waals surface area (Å²) >= 11 is 0. The standard InChI is InChI=1S/C12H14FN3O3/c1-14-11(17)9-7-19-5-4-16(9)12(18)8-2-3-15-10(13)6-8/h2-3,6,9H,4-5,7H2,1H3,(H,14,17). The molecule has 2 heterocycles. The van der Waals surface area contributed by atoms with E-state index in [-0.39, 0.29) is 18.1 Å². The van der Waals surface area contributed by atoms with Crippen molar-refractivity contribution in [2.24, 2.45) is 0 Å². The molecule has 1 aliphatic rings. The normalized spacial score (nSPS) is 19.1. The second-order valence-corrected chi connectivity index (χ2v) is 4.07. The van der Waals surface area contributed by atoms with E-state index >= 15 is 0 Å². The maximum absolute atomic E-state index is 13.0. The largest absolute Gasteiger partial charge is 0.377 e. The van der Waals surface area contributed by atoms with Crippen molar-refractivity contribution in [3.05, 3.63) is 29.8 Å². The molecule has 1 atom stereocenters. The molecule has 7 heteroatoms. The number of pyridine rings is 1. The van der Waals surface area contributed by atoms with Crippen LogP contribution >= 0.6 is 0 Å². The van der Waals surface area contributed by atoms with Gasteiger partial charge in [0.15, 0.2) is 0 Å². The van der Waals surface area contributed by atoms with Gasteiger partial charge in [0.25, 0.3) is 5.91 Å². The summed E-state index contributed by atoms with van der Waals surface area (Å²) in [6.45, 7) is 0.784. The molecule has 0 spiro atoms. The number of amides is 2. The Bertz CT molecular complexity index is 495. The lowest BCUT2D eigenvalue weighted by Gasteiger charge is -2.34. The van der Waals surface area contributed by atoms with E-state index in [0.717, 1.165) is 6.07 Å². The van der Waals surface area contributed by atoms with Crippen molar-refractivity contribution in [1.82, 2.24) is 15.2 Å². The Balaban J connectivity index is 2.22. The van der Waals surface area contributed by atoms with Crippen molar-refractivity contribution in [3.8, 4) is 0 Å². The summed E-state index contributed by atoms with van der Waals surface area (Å²) in [7, 11) is 1.49. The van der Waals surface area contributed by atoms with Gasteiger partial charge in [-0.25, -0.2) is 4.98 Å². The SMILES string of the molecule is CNC(=O)C1COCCN1C(=O)c1ccnc(F)c1. The Labute approximate surface area is 109 Å². The molecule has 2 amide bonds. The molecule has 0 saturated carbocycles. The number of nitrogens with zero attached hydrogens (tertiary/aromatic N) is 2. The minimum absolute atomic E-state index is 0.138. The van der Waals surface area contributed by atoms with E-state index in [9.17, 15) is 14.0 Å². The van der Waals surface area contributed by atoms with Crippen molar-refractivity contribution >= 4 is 11.8 Å². The highest BCUT2D eigenvalue weighted by molar-refractivity contribution is 5.97. The van der Waals surface area contributed by atoms with E-state index in [2.05, 4.69) is 10.3 Å². The average Bonchev–Trinajstić information content (AvgIpc) is 2.45. The van der Waals surface area contributed by atoms with E-state index < -0.39 is 17.9 Å².